The molecule has 0 spiro atoms. The number of anilines is 1. The Morgan fingerprint density at radius 3 is 2.60 bits per heavy atom. The van der Waals surface area contributed by atoms with E-state index in [1.165, 1.54) is 23.5 Å². The second-order valence-corrected chi connectivity index (χ2v) is 5.86. The highest BCUT2D eigenvalue weighted by Crippen LogP contribution is 2.26. The standard InChI is InChI=1S/C18H14N4O2S/c23-22(24)16-10-8-15(9-11-16)17-13-25-18(20-17)21-19-12-4-7-14-5-2-1-3-6-14/h1-13H,(H,20,21)/b7-4+,19-12?. The first kappa shape index (κ1) is 16.5. The van der Waals surface area contributed by atoms with Gasteiger partial charge in [0, 0.05) is 29.3 Å². The van der Waals surface area contributed by atoms with Crippen LogP contribution in [-0.2, 0) is 0 Å². The lowest BCUT2D eigenvalue weighted by molar-refractivity contribution is -0.384. The number of hydrogen-bond acceptors (Lipinski definition) is 6. The fourth-order valence-electron chi connectivity index (χ4n) is 2.07. The van der Waals surface area contributed by atoms with Gasteiger partial charge in [0.25, 0.3) is 5.69 Å². The van der Waals surface area contributed by atoms with E-state index < -0.39 is 4.92 Å². The number of nitrogens with one attached hydrogen (secondary N) is 1. The van der Waals surface area contributed by atoms with E-state index >= 15 is 0 Å². The number of benzene rings is 2. The van der Waals surface area contributed by atoms with E-state index in [4.69, 9.17) is 0 Å². The molecule has 0 aliphatic carbocycles. The first-order chi connectivity index (χ1) is 12.2. The summed E-state index contributed by atoms with van der Waals surface area (Å²) >= 11 is 1.42. The molecule has 1 heterocycles. The molecule has 0 aliphatic heterocycles. The second kappa shape index (κ2) is 7.98. The maximum Gasteiger partial charge on any atom is 0.269 e. The maximum atomic E-state index is 10.7. The molecule has 7 heteroatoms. The fourth-order valence-corrected chi connectivity index (χ4v) is 2.73. The molecule has 2 aromatic carbocycles. The maximum absolute atomic E-state index is 10.7. The molecule has 124 valence electrons. The molecular weight excluding hydrogens is 336 g/mol. The quantitative estimate of drug-likeness (QED) is 0.392. The Balaban J connectivity index is 1.59. The summed E-state index contributed by atoms with van der Waals surface area (Å²) in [4.78, 5) is 14.7. The third-order valence-electron chi connectivity index (χ3n) is 3.29. The zero-order chi connectivity index (χ0) is 17.5. The summed E-state index contributed by atoms with van der Waals surface area (Å²) in [7, 11) is 0. The smallest absolute Gasteiger partial charge is 0.258 e. The van der Waals surface area contributed by atoms with Crippen LogP contribution in [0.4, 0.5) is 10.8 Å². The first-order valence-corrected chi connectivity index (χ1v) is 8.31. The van der Waals surface area contributed by atoms with Gasteiger partial charge in [-0.3, -0.25) is 15.5 Å². The van der Waals surface area contributed by atoms with Gasteiger partial charge in [-0.1, -0.05) is 36.4 Å². The van der Waals surface area contributed by atoms with Crippen LogP contribution in [0.5, 0.6) is 0 Å². The Kier molecular flexibility index (Phi) is 5.28. The molecular formula is C18H14N4O2S. The molecule has 0 aliphatic rings. The molecule has 0 radical (unpaired) electrons. The lowest BCUT2D eigenvalue weighted by Crippen LogP contribution is -1.89. The van der Waals surface area contributed by atoms with Gasteiger partial charge in [-0.25, -0.2) is 4.98 Å². The van der Waals surface area contributed by atoms with Crippen molar-refractivity contribution in [3.05, 3.63) is 81.7 Å². The van der Waals surface area contributed by atoms with Crippen molar-refractivity contribution >= 4 is 34.4 Å². The number of nitro groups is 1. The molecule has 0 unspecified atom stereocenters. The number of allylic oxidation sites excluding steroid dienone is 1. The zero-order valence-corrected chi connectivity index (χ0v) is 13.9. The number of aromatic nitrogens is 1. The van der Waals surface area contributed by atoms with Crippen molar-refractivity contribution in [3.63, 3.8) is 0 Å². The van der Waals surface area contributed by atoms with Crippen LogP contribution in [-0.4, -0.2) is 16.1 Å². The van der Waals surface area contributed by atoms with Crippen molar-refractivity contribution in [1.29, 1.82) is 0 Å². The molecule has 3 aromatic rings. The number of non-ortho nitro benzene ring substituents is 1. The third kappa shape index (κ3) is 4.58. The van der Waals surface area contributed by atoms with E-state index in [0.29, 0.717) is 5.13 Å². The number of rotatable bonds is 6. The van der Waals surface area contributed by atoms with E-state index in [2.05, 4.69) is 15.5 Å². The minimum Gasteiger partial charge on any atom is -0.258 e. The van der Waals surface area contributed by atoms with E-state index in [1.54, 1.807) is 18.3 Å². The minimum atomic E-state index is -0.421. The van der Waals surface area contributed by atoms with Gasteiger partial charge < -0.3 is 0 Å². The number of nitrogens with zero attached hydrogens (tertiary/aromatic N) is 3. The summed E-state index contributed by atoms with van der Waals surface area (Å²) in [6, 6.07) is 16.2. The van der Waals surface area contributed by atoms with Crippen LogP contribution in [0.25, 0.3) is 17.3 Å². The van der Waals surface area contributed by atoms with Gasteiger partial charge in [-0.2, -0.15) is 5.10 Å². The summed E-state index contributed by atoms with van der Waals surface area (Å²) in [6.45, 7) is 0. The molecule has 25 heavy (non-hydrogen) atoms. The molecule has 3 rings (SSSR count). The van der Waals surface area contributed by atoms with Gasteiger partial charge in [0.05, 0.1) is 10.6 Å². The Morgan fingerprint density at radius 1 is 1.12 bits per heavy atom. The van der Waals surface area contributed by atoms with Crippen molar-refractivity contribution in [1.82, 2.24) is 4.98 Å². The van der Waals surface area contributed by atoms with Gasteiger partial charge in [0.2, 0.25) is 5.13 Å². The van der Waals surface area contributed by atoms with Crippen LogP contribution in [0.15, 0.2) is 71.2 Å². The van der Waals surface area contributed by atoms with E-state index in [-0.39, 0.29) is 5.69 Å². The summed E-state index contributed by atoms with van der Waals surface area (Å²) in [5.74, 6) is 0. The number of nitro benzene ring substituents is 1. The van der Waals surface area contributed by atoms with Gasteiger partial charge >= 0.3 is 0 Å². The molecule has 0 amide bonds. The van der Waals surface area contributed by atoms with Crippen LogP contribution >= 0.6 is 11.3 Å². The van der Waals surface area contributed by atoms with Crippen LogP contribution in [0.3, 0.4) is 0 Å². The van der Waals surface area contributed by atoms with Gasteiger partial charge in [0.15, 0.2) is 0 Å². The van der Waals surface area contributed by atoms with Crippen LogP contribution in [0, 0.1) is 10.1 Å². The predicted octanol–water partition coefficient (Wildman–Crippen LogP) is 4.83. The van der Waals surface area contributed by atoms with Crippen LogP contribution in [0.1, 0.15) is 5.56 Å². The Morgan fingerprint density at radius 2 is 1.88 bits per heavy atom. The summed E-state index contributed by atoms with van der Waals surface area (Å²) < 4.78 is 0. The molecule has 1 N–H and O–H groups in total. The molecule has 0 saturated carbocycles. The first-order valence-electron chi connectivity index (χ1n) is 7.43. The fraction of sp³-hybridized carbons (Fsp3) is 0. The average molecular weight is 350 g/mol. The molecule has 0 bridgehead atoms. The van der Waals surface area contributed by atoms with Crippen molar-refractivity contribution < 1.29 is 4.92 Å². The Labute approximate surface area is 148 Å². The van der Waals surface area contributed by atoms with Crippen molar-refractivity contribution in [2.75, 3.05) is 5.43 Å². The number of hydrogen-bond donors (Lipinski definition) is 1. The number of hydrazone groups is 1. The Bertz CT molecular complexity index is 902. The van der Waals surface area contributed by atoms with Crippen LogP contribution in [0.2, 0.25) is 0 Å². The van der Waals surface area contributed by atoms with Gasteiger partial charge in [0.1, 0.15) is 0 Å². The molecule has 0 atom stereocenters. The third-order valence-corrected chi connectivity index (χ3v) is 4.03. The van der Waals surface area contributed by atoms with E-state index in [9.17, 15) is 10.1 Å². The highest BCUT2D eigenvalue weighted by atomic mass is 32.1. The predicted molar refractivity (Wildman–Crippen MR) is 102 cm³/mol. The van der Waals surface area contributed by atoms with E-state index in [0.717, 1.165) is 16.8 Å². The molecule has 0 saturated heterocycles. The molecule has 1 aromatic heterocycles. The van der Waals surface area contributed by atoms with Crippen molar-refractivity contribution in [3.8, 4) is 11.3 Å². The van der Waals surface area contributed by atoms with Crippen LogP contribution < -0.4 is 5.43 Å². The minimum absolute atomic E-state index is 0.0622. The average Bonchev–Trinajstić information content (AvgIpc) is 3.11. The SMILES string of the molecule is O=[N+]([O-])c1ccc(-c2csc(NN=C/C=C/c3ccccc3)n2)cc1. The van der Waals surface area contributed by atoms with Gasteiger partial charge in [-0.05, 0) is 23.8 Å². The second-order valence-electron chi connectivity index (χ2n) is 5.00. The van der Waals surface area contributed by atoms with Crippen molar-refractivity contribution in [2.24, 2.45) is 5.10 Å². The summed E-state index contributed by atoms with van der Waals surface area (Å²) in [6.07, 6.45) is 5.45. The lowest BCUT2D eigenvalue weighted by Gasteiger charge is -1.96. The highest BCUT2D eigenvalue weighted by molar-refractivity contribution is 7.14. The van der Waals surface area contributed by atoms with Gasteiger partial charge in [-0.15, -0.1) is 11.3 Å². The van der Waals surface area contributed by atoms with Crippen molar-refractivity contribution in [2.45, 2.75) is 0 Å². The Hall–Kier alpha value is -3.32. The van der Waals surface area contributed by atoms with E-state index in [1.807, 2.05) is 47.9 Å². The monoisotopic (exact) mass is 350 g/mol. The summed E-state index contributed by atoms with van der Waals surface area (Å²) in [5.41, 5.74) is 5.60. The topological polar surface area (TPSA) is 80.4 Å². The zero-order valence-electron chi connectivity index (χ0n) is 13.1. The highest BCUT2D eigenvalue weighted by Gasteiger charge is 2.07. The lowest BCUT2D eigenvalue weighted by atomic mass is 10.1. The molecule has 6 nitrogen and oxygen atoms in total. The summed E-state index contributed by atoms with van der Waals surface area (Å²) in [5, 5.41) is 17.3. The molecule has 0 fully saturated rings. The normalized spacial score (nSPS) is 11.2. The number of thiazole rings is 1. The largest absolute Gasteiger partial charge is 0.269 e.